The van der Waals surface area contributed by atoms with E-state index in [1.54, 1.807) is 0 Å². The zero-order valence-corrected chi connectivity index (χ0v) is 5.44. The van der Waals surface area contributed by atoms with E-state index < -0.39 is 0 Å². The van der Waals surface area contributed by atoms with Crippen molar-refractivity contribution in [2.75, 3.05) is 27.2 Å². The lowest BCUT2D eigenvalue weighted by Crippen LogP contribution is -2.56. The molecule has 1 aliphatic heterocycles. The second-order valence-electron chi connectivity index (χ2n) is 3.41. The fourth-order valence-electron chi connectivity index (χ4n) is 1.63. The number of hydrogen-bond acceptors (Lipinski definition) is 0. The largest absolute Gasteiger partial charge is 0.328 e. The van der Waals surface area contributed by atoms with E-state index >= 15 is 0 Å². The van der Waals surface area contributed by atoms with Gasteiger partial charge in [0.25, 0.3) is 0 Å². The predicted molar refractivity (Wildman–Crippen MR) is 31.0 cm³/mol. The highest BCUT2D eigenvalue weighted by atomic mass is 15.4. The van der Waals surface area contributed by atoms with Gasteiger partial charge in [0.1, 0.15) is 0 Å². The Hall–Kier alpha value is -0.0400. The molecule has 0 aromatic carbocycles. The molecule has 0 unspecified atom stereocenters. The first-order valence-corrected chi connectivity index (χ1v) is 2.92. The number of rotatable bonds is 0. The number of hydrogen-bond donors (Lipinski definition) is 0. The molecular weight excluding hydrogens is 86.1 g/mol. The summed E-state index contributed by atoms with van der Waals surface area (Å²) in [6.07, 6.45) is 0. The summed E-state index contributed by atoms with van der Waals surface area (Å²) >= 11 is 0. The molecule has 1 heteroatoms. The number of nitrogens with zero attached hydrogens (tertiary/aromatic N) is 1. The van der Waals surface area contributed by atoms with E-state index in [1.165, 1.54) is 17.6 Å². The highest BCUT2D eigenvalue weighted by Gasteiger charge is 2.32. The molecular formula is C6H14N+. The first-order chi connectivity index (χ1) is 3.10. The average Bonchev–Trinajstić information content (AvgIpc) is 1.27. The van der Waals surface area contributed by atoms with E-state index in [-0.39, 0.29) is 0 Å². The molecule has 0 aliphatic carbocycles. The SMILES string of the molecule is CC1C[N+](C)(C)C1. The Kier molecular flexibility index (Phi) is 0.890. The van der Waals surface area contributed by atoms with Gasteiger partial charge in [-0.1, -0.05) is 6.92 Å². The maximum absolute atomic E-state index is 2.31. The molecule has 0 N–H and O–H groups in total. The third kappa shape index (κ3) is 0.942. The van der Waals surface area contributed by atoms with Gasteiger partial charge in [-0.2, -0.15) is 0 Å². The molecule has 0 amide bonds. The minimum atomic E-state index is 0.981. The van der Waals surface area contributed by atoms with Crippen molar-refractivity contribution in [3.63, 3.8) is 0 Å². The Balaban J connectivity index is 2.29. The van der Waals surface area contributed by atoms with Crippen molar-refractivity contribution >= 4 is 0 Å². The van der Waals surface area contributed by atoms with E-state index in [0.717, 1.165) is 5.92 Å². The van der Waals surface area contributed by atoms with Crippen LogP contribution in [0.5, 0.6) is 0 Å². The zero-order chi connectivity index (χ0) is 5.49. The molecule has 0 spiro atoms. The second kappa shape index (κ2) is 1.22. The van der Waals surface area contributed by atoms with Gasteiger partial charge in [-0.15, -0.1) is 0 Å². The van der Waals surface area contributed by atoms with Gasteiger partial charge in [-0.05, 0) is 0 Å². The number of likely N-dealkylation sites (tertiary alicyclic amines) is 1. The van der Waals surface area contributed by atoms with Crippen molar-refractivity contribution in [3.05, 3.63) is 0 Å². The molecule has 1 aliphatic rings. The highest BCUT2D eigenvalue weighted by Crippen LogP contribution is 2.18. The second-order valence-corrected chi connectivity index (χ2v) is 3.41. The fraction of sp³-hybridized carbons (Fsp3) is 1.00. The summed E-state index contributed by atoms with van der Waals surface area (Å²) in [6, 6.07) is 0. The minimum absolute atomic E-state index is 0.981. The van der Waals surface area contributed by atoms with Crippen molar-refractivity contribution in [3.8, 4) is 0 Å². The Bertz CT molecular complexity index is 68.2. The molecule has 1 saturated heterocycles. The van der Waals surface area contributed by atoms with Crippen LogP contribution in [-0.4, -0.2) is 31.7 Å². The van der Waals surface area contributed by atoms with Crippen LogP contribution < -0.4 is 0 Å². The molecule has 0 aromatic heterocycles. The maximum atomic E-state index is 2.31. The summed E-state index contributed by atoms with van der Waals surface area (Å²) in [5, 5.41) is 0. The molecule has 1 heterocycles. The molecule has 0 radical (unpaired) electrons. The van der Waals surface area contributed by atoms with E-state index in [4.69, 9.17) is 0 Å². The van der Waals surface area contributed by atoms with Crippen LogP contribution in [0.4, 0.5) is 0 Å². The quantitative estimate of drug-likeness (QED) is 0.393. The summed E-state index contributed by atoms with van der Waals surface area (Å²) < 4.78 is 1.24. The van der Waals surface area contributed by atoms with Crippen LogP contribution in [-0.2, 0) is 0 Å². The molecule has 1 rings (SSSR count). The monoisotopic (exact) mass is 100 g/mol. The molecule has 42 valence electrons. The minimum Gasteiger partial charge on any atom is -0.328 e. The summed E-state index contributed by atoms with van der Waals surface area (Å²) in [5.74, 6) is 0.981. The molecule has 0 saturated carbocycles. The van der Waals surface area contributed by atoms with Crippen LogP contribution in [0.2, 0.25) is 0 Å². The van der Waals surface area contributed by atoms with Gasteiger partial charge in [0.05, 0.1) is 33.1 Å². The van der Waals surface area contributed by atoms with Crippen LogP contribution in [0, 0.1) is 5.92 Å². The number of quaternary nitrogens is 1. The topological polar surface area (TPSA) is 0 Å². The van der Waals surface area contributed by atoms with Crippen LogP contribution in [0.25, 0.3) is 0 Å². The first kappa shape index (κ1) is 5.10. The summed E-state index contributed by atoms with van der Waals surface area (Å²) in [6.45, 7) is 5.06. The van der Waals surface area contributed by atoms with Crippen molar-refractivity contribution in [1.82, 2.24) is 0 Å². The molecule has 0 aromatic rings. The molecule has 1 nitrogen and oxygen atoms in total. The van der Waals surface area contributed by atoms with Gasteiger partial charge in [-0.25, -0.2) is 0 Å². The van der Waals surface area contributed by atoms with Gasteiger partial charge >= 0.3 is 0 Å². The van der Waals surface area contributed by atoms with Crippen LogP contribution >= 0.6 is 0 Å². The van der Waals surface area contributed by atoms with E-state index in [0.29, 0.717) is 0 Å². The Labute approximate surface area is 45.5 Å². The lowest BCUT2D eigenvalue weighted by atomic mass is 10.0. The highest BCUT2D eigenvalue weighted by molar-refractivity contribution is 4.58. The summed E-state index contributed by atoms with van der Waals surface area (Å²) in [7, 11) is 4.56. The standard InChI is InChI=1S/C6H14N/c1-6-4-7(2,3)5-6/h6H,4-5H2,1-3H3/q+1. The van der Waals surface area contributed by atoms with E-state index in [2.05, 4.69) is 21.0 Å². The first-order valence-electron chi connectivity index (χ1n) is 2.92. The Morgan fingerprint density at radius 1 is 1.29 bits per heavy atom. The van der Waals surface area contributed by atoms with Crippen LogP contribution in [0.3, 0.4) is 0 Å². The van der Waals surface area contributed by atoms with Crippen LogP contribution in [0.15, 0.2) is 0 Å². The summed E-state index contributed by atoms with van der Waals surface area (Å²) in [5.41, 5.74) is 0. The lowest BCUT2D eigenvalue weighted by Gasteiger charge is -2.42. The van der Waals surface area contributed by atoms with E-state index in [1.807, 2.05) is 0 Å². The smallest absolute Gasteiger partial charge is 0.0863 e. The average molecular weight is 100 g/mol. The maximum Gasteiger partial charge on any atom is 0.0863 e. The molecule has 7 heavy (non-hydrogen) atoms. The Morgan fingerprint density at radius 3 is 1.71 bits per heavy atom. The van der Waals surface area contributed by atoms with Gasteiger partial charge in [0.2, 0.25) is 0 Å². The van der Waals surface area contributed by atoms with Gasteiger partial charge in [-0.3, -0.25) is 0 Å². The van der Waals surface area contributed by atoms with Crippen molar-refractivity contribution < 1.29 is 4.48 Å². The van der Waals surface area contributed by atoms with Crippen molar-refractivity contribution in [1.29, 1.82) is 0 Å². The van der Waals surface area contributed by atoms with Gasteiger partial charge in [0, 0.05) is 0 Å². The van der Waals surface area contributed by atoms with Gasteiger partial charge < -0.3 is 4.48 Å². The van der Waals surface area contributed by atoms with Crippen molar-refractivity contribution in [2.24, 2.45) is 5.92 Å². The molecule has 0 atom stereocenters. The third-order valence-electron chi connectivity index (χ3n) is 1.61. The predicted octanol–water partition coefficient (Wildman–Crippen LogP) is 0.712. The fourth-order valence-corrected chi connectivity index (χ4v) is 1.63. The van der Waals surface area contributed by atoms with E-state index in [9.17, 15) is 0 Å². The van der Waals surface area contributed by atoms with Crippen molar-refractivity contribution in [2.45, 2.75) is 6.92 Å². The lowest BCUT2D eigenvalue weighted by molar-refractivity contribution is -0.938. The Morgan fingerprint density at radius 2 is 1.71 bits per heavy atom. The normalized spacial score (nSPS) is 29.6. The third-order valence-corrected chi connectivity index (χ3v) is 1.61. The van der Waals surface area contributed by atoms with Crippen LogP contribution in [0.1, 0.15) is 6.92 Å². The molecule has 0 bridgehead atoms. The zero-order valence-electron chi connectivity index (χ0n) is 5.44. The molecule has 1 fully saturated rings. The van der Waals surface area contributed by atoms with Gasteiger partial charge in [0.15, 0.2) is 0 Å². The summed E-state index contributed by atoms with van der Waals surface area (Å²) in [4.78, 5) is 0.